The van der Waals surface area contributed by atoms with Gasteiger partial charge in [0.15, 0.2) is 0 Å². The molecule has 3 N–H and O–H groups in total. The number of nitrogens with zero attached hydrogens (tertiary/aromatic N) is 1. The highest BCUT2D eigenvalue weighted by atomic mass is 16.5. The lowest BCUT2D eigenvalue weighted by Gasteiger charge is -2.14. The molecule has 1 aliphatic heterocycles. The number of alkyl carbamates (subject to hydrolysis) is 1. The number of carbonyl (C=O) groups is 4. The number of nitrogens with one attached hydrogen (secondary N) is 3. The third kappa shape index (κ3) is 6.07. The molecule has 0 aromatic heterocycles. The average Bonchev–Trinajstić information content (AvgIpc) is 2.87. The zero-order valence-corrected chi connectivity index (χ0v) is 15.4. The van der Waals surface area contributed by atoms with E-state index in [0.717, 1.165) is 10.5 Å². The van der Waals surface area contributed by atoms with Gasteiger partial charge in [0.05, 0.1) is 6.54 Å². The van der Waals surface area contributed by atoms with E-state index in [2.05, 4.69) is 16.0 Å². The molecule has 1 aromatic rings. The van der Waals surface area contributed by atoms with Gasteiger partial charge in [-0.3, -0.25) is 19.3 Å². The third-order valence-electron chi connectivity index (χ3n) is 4.02. The van der Waals surface area contributed by atoms with Gasteiger partial charge in [0.1, 0.15) is 6.61 Å². The molecule has 0 radical (unpaired) electrons. The number of rotatable bonds is 8. The summed E-state index contributed by atoms with van der Waals surface area (Å²) in [4.78, 5) is 47.8. The smallest absolute Gasteiger partial charge is 0.407 e. The van der Waals surface area contributed by atoms with E-state index in [9.17, 15) is 19.2 Å². The van der Waals surface area contributed by atoms with Gasteiger partial charge in [-0.15, -0.1) is 0 Å². The Balaban J connectivity index is 1.69. The number of likely N-dealkylation sites (N-methyl/N-ethyl adjacent to an activating group) is 1. The third-order valence-corrected chi connectivity index (χ3v) is 4.02. The summed E-state index contributed by atoms with van der Waals surface area (Å²) < 4.78 is 5.09. The molecule has 146 valence electrons. The molecule has 9 heteroatoms. The van der Waals surface area contributed by atoms with Crippen molar-refractivity contribution < 1.29 is 23.9 Å². The van der Waals surface area contributed by atoms with Crippen LogP contribution in [0.1, 0.15) is 18.9 Å². The molecule has 1 unspecified atom stereocenters. The number of amides is 4. The predicted octanol–water partition coefficient (Wildman–Crippen LogP) is 0.466. The Morgan fingerprint density at radius 1 is 1.22 bits per heavy atom. The van der Waals surface area contributed by atoms with Gasteiger partial charge >= 0.3 is 6.09 Å². The first-order chi connectivity index (χ1) is 12.9. The summed E-state index contributed by atoms with van der Waals surface area (Å²) in [7, 11) is 1.69. The molecule has 27 heavy (non-hydrogen) atoms. The lowest BCUT2D eigenvalue weighted by molar-refractivity contribution is -0.139. The number of hydrogen-bond acceptors (Lipinski definition) is 6. The summed E-state index contributed by atoms with van der Waals surface area (Å²) in [6.07, 6.45) is -0.414. The molecular formula is C18H24N4O5. The minimum Gasteiger partial charge on any atom is -0.445 e. The molecule has 4 amide bonds. The van der Waals surface area contributed by atoms with Crippen LogP contribution in [0.3, 0.4) is 0 Å². The monoisotopic (exact) mass is 376 g/mol. The Labute approximate surface area is 157 Å². The van der Waals surface area contributed by atoms with Crippen molar-refractivity contribution in [2.24, 2.45) is 5.92 Å². The Morgan fingerprint density at radius 2 is 1.93 bits per heavy atom. The fourth-order valence-corrected chi connectivity index (χ4v) is 2.60. The summed E-state index contributed by atoms with van der Waals surface area (Å²) >= 11 is 0. The van der Waals surface area contributed by atoms with Crippen LogP contribution in [-0.4, -0.2) is 55.4 Å². The molecule has 1 fully saturated rings. The van der Waals surface area contributed by atoms with Gasteiger partial charge in [-0.05, 0) is 24.7 Å². The van der Waals surface area contributed by atoms with Crippen molar-refractivity contribution in [1.82, 2.24) is 15.5 Å². The molecular weight excluding hydrogens is 352 g/mol. The van der Waals surface area contributed by atoms with Crippen LogP contribution >= 0.6 is 0 Å². The number of carbonyl (C=O) groups excluding carboxylic acids is 4. The van der Waals surface area contributed by atoms with Crippen LogP contribution in [0.15, 0.2) is 24.3 Å². The maximum absolute atomic E-state index is 11.8. The number of hydrogen-bond donors (Lipinski definition) is 3. The highest BCUT2D eigenvalue weighted by molar-refractivity contribution is 6.03. The van der Waals surface area contributed by atoms with Crippen LogP contribution < -0.4 is 16.0 Å². The molecule has 0 spiro atoms. The quantitative estimate of drug-likeness (QED) is 0.568. The second kappa shape index (κ2) is 9.67. The van der Waals surface area contributed by atoms with Crippen molar-refractivity contribution in [3.8, 4) is 0 Å². The molecule has 1 saturated heterocycles. The van der Waals surface area contributed by atoms with Crippen molar-refractivity contribution in [2.45, 2.75) is 20.0 Å². The van der Waals surface area contributed by atoms with Crippen molar-refractivity contribution >= 4 is 29.5 Å². The van der Waals surface area contributed by atoms with Crippen LogP contribution in [0.5, 0.6) is 0 Å². The first-order valence-electron chi connectivity index (χ1n) is 8.69. The van der Waals surface area contributed by atoms with Gasteiger partial charge in [-0.2, -0.15) is 0 Å². The number of imide groups is 1. The van der Waals surface area contributed by atoms with Crippen LogP contribution in [0.2, 0.25) is 0 Å². The fraction of sp³-hybridized carbons (Fsp3) is 0.444. The first kappa shape index (κ1) is 20.4. The van der Waals surface area contributed by atoms with Crippen LogP contribution in [0.4, 0.5) is 10.5 Å². The fourth-order valence-electron chi connectivity index (χ4n) is 2.60. The van der Waals surface area contributed by atoms with E-state index in [0.29, 0.717) is 5.69 Å². The number of ether oxygens (including phenoxy) is 1. The normalized spacial score (nSPS) is 16.4. The predicted molar refractivity (Wildman–Crippen MR) is 97.7 cm³/mol. The van der Waals surface area contributed by atoms with E-state index in [-0.39, 0.29) is 56.3 Å². The lowest BCUT2D eigenvalue weighted by atomic mass is 10.1. The topological polar surface area (TPSA) is 117 Å². The van der Waals surface area contributed by atoms with Crippen molar-refractivity contribution in [2.75, 3.05) is 32.0 Å². The maximum atomic E-state index is 11.8. The average molecular weight is 376 g/mol. The Kier molecular flexibility index (Phi) is 7.30. The second-order valence-electron chi connectivity index (χ2n) is 6.27. The largest absolute Gasteiger partial charge is 0.445 e. The molecule has 0 saturated carbocycles. The van der Waals surface area contributed by atoms with Crippen LogP contribution in [0, 0.1) is 5.92 Å². The molecule has 1 atom stereocenters. The Bertz CT molecular complexity index is 704. The van der Waals surface area contributed by atoms with Gasteiger partial charge < -0.3 is 20.7 Å². The molecule has 9 nitrogen and oxygen atoms in total. The van der Waals surface area contributed by atoms with Gasteiger partial charge in [-0.1, -0.05) is 19.1 Å². The van der Waals surface area contributed by atoms with E-state index in [1.165, 1.54) is 0 Å². The minimum atomic E-state index is -0.631. The molecule has 2 rings (SSSR count). The zero-order valence-electron chi connectivity index (χ0n) is 15.4. The Hall–Kier alpha value is -2.94. The minimum absolute atomic E-state index is 0.0647. The molecule has 1 heterocycles. The van der Waals surface area contributed by atoms with Crippen LogP contribution in [0.25, 0.3) is 0 Å². The molecule has 1 aromatic carbocycles. The highest BCUT2D eigenvalue weighted by Gasteiger charge is 2.34. The summed E-state index contributed by atoms with van der Waals surface area (Å²) in [6, 6.07) is 6.92. The molecule has 1 aliphatic rings. The first-order valence-corrected chi connectivity index (χ1v) is 8.69. The van der Waals surface area contributed by atoms with E-state index in [1.54, 1.807) is 38.2 Å². The van der Waals surface area contributed by atoms with E-state index in [4.69, 9.17) is 4.74 Å². The number of likely N-dealkylation sites (tertiary alicyclic amines) is 1. The summed E-state index contributed by atoms with van der Waals surface area (Å²) in [6.45, 7) is 2.27. The van der Waals surface area contributed by atoms with Crippen molar-refractivity contribution in [3.05, 3.63) is 29.8 Å². The summed E-state index contributed by atoms with van der Waals surface area (Å²) in [5.41, 5.74) is 1.41. The van der Waals surface area contributed by atoms with Gasteiger partial charge in [0.2, 0.25) is 17.7 Å². The maximum Gasteiger partial charge on any atom is 0.407 e. The molecule has 0 bridgehead atoms. The number of benzene rings is 1. The lowest BCUT2D eigenvalue weighted by Crippen LogP contribution is -2.38. The SMILES string of the molecule is CNCC(=O)Nc1ccc(COC(=O)NCCN2C(=O)CC(C)C2=O)cc1. The van der Waals surface area contributed by atoms with E-state index in [1.807, 2.05) is 0 Å². The highest BCUT2D eigenvalue weighted by Crippen LogP contribution is 2.17. The Morgan fingerprint density at radius 3 is 2.52 bits per heavy atom. The van der Waals surface area contributed by atoms with E-state index < -0.39 is 6.09 Å². The zero-order chi connectivity index (χ0) is 19.8. The summed E-state index contributed by atoms with van der Waals surface area (Å²) in [5, 5.41) is 7.99. The van der Waals surface area contributed by atoms with E-state index >= 15 is 0 Å². The van der Waals surface area contributed by atoms with Crippen LogP contribution in [-0.2, 0) is 25.7 Å². The number of anilines is 1. The standard InChI is InChI=1S/C18H24N4O5/c1-12-9-16(24)22(17(12)25)8-7-20-18(26)27-11-13-3-5-14(6-4-13)21-15(23)10-19-2/h3-6,12,19H,7-11H2,1-2H3,(H,20,26)(H,21,23). The second-order valence-corrected chi connectivity index (χ2v) is 6.27. The van der Waals surface area contributed by atoms with Gasteiger partial charge in [0, 0.05) is 31.1 Å². The van der Waals surface area contributed by atoms with Gasteiger partial charge in [0.25, 0.3) is 0 Å². The summed E-state index contributed by atoms with van der Waals surface area (Å²) in [5.74, 6) is -0.873. The van der Waals surface area contributed by atoms with Gasteiger partial charge in [-0.25, -0.2) is 4.79 Å². The van der Waals surface area contributed by atoms with Crippen molar-refractivity contribution in [3.63, 3.8) is 0 Å². The molecule has 0 aliphatic carbocycles. The van der Waals surface area contributed by atoms with Crippen molar-refractivity contribution in [1.29, 1.82) is 0 Å².